The van der Waals surface area contributed by atoms with Gasteiger partial charge in [0.2, 0.25) is 6.61 Å². The van der Waals surface area contributed by atoms with Crippen LogP contribution in [0.15, 0.2) is 10.5 Å². The summed E-state index contributed by atoms with van der Waals surface area (Å²) in [5, 5.41) is 27.7. The van der Waals surface area contributed by atoms with E-state index in [-0.39, 0.29) is 46.8 Å². The number of nitrogens with zero attached hydrogens (tertiary/aromatic N) is 3. The number of nitrogens with one attached hydrogen (secondary N) is 1. The number of carboxylic acid groups (broad SMARTS) is 2. The van der Waals surface area contributed by atoms with Crippen molar-refractivity contribution in [3.8, 4) is 0 Å². The molecule has 32 heavy (non-hydrogen) atoms. The van der Waals surface area contributed by atoms with Crippen LogP contribution in [0.2, 0.25) is 0 Å². The molecule has 2 fully saturated rings. The van der Waals surface area contributed by atoms with Crippen molar-refractivity contribution in [3.63, 3.8) is 0 Å². The molecule has 166 valence electrons. The average Bonchev–Trinajstić information content (AvgIpc) is 3.39. The first-order valence-electron chi connectivity index (χ1n) is 8.48. The molecule has 4 N–H and O–H groups in total. The van der Waals surface area contributed by atoms with Crippen LogP contribution < -0.4 is 45.7 Å². The van der Waals surface area contributed by atoms with E-state index in [2.05, 4.69) is 20.3 Å². The number of aromatic nitrogens is 1. The van der Waals surface area contributed by atoms with E-state index in [1.807, 2.05) is 0 Å². The number of nitrogen functional groups attached to an aromatic ring is 1. The third-order valence-electron chi connectivity index (χ3n) is 4.10. The number of aliphatic carboxylic acids is 2. The summed E-state index contributed by atoms with van der Waals surface area (Å²) in [7, 11) is 0. The van der Waals surface area contributed by atoms with Crippen LogP contribution in [0.1, 0.15) is 18.5 Å². The van der Waals surface area contributed by atoms with Crippen molar-refractivity contribution in [2.24, 2.45) is 5.16 Å². The zero-order valence-electron chi connectivity index (χ0n) is 16.4. The Kier molecular flexibility index (Phi) is 8.13. The van der Waals surface area contributed by atoms with Crippen molar-refractivity contribution in [1.29, 1.82) is 0 Å². The number of oxime groups is 1. The molecular weight excluding hydrogens is 465 g/mol. The molecule has 2 atom stereocenters. The summed E-state index contributed by atoms with van der Waals surface area (Å²) in [5.74, 6) is -6.10. The maximum absolute atomic E-state index is 12.6. The largest absolute Gasteiger partial charge is 1.00 e. The van der Waals surface area contributed by atoms with Crippen LogP contribution in [0, 0.1) is 0 Å². The minimum atomic E-state index is -2.45. The van der Waals surface area contributed by atoms with Gasteiger partial charge in [0.1, 0.15) is 24.3 Å². The predicted molar refractivity (Wildman–Crippen MR) is 94.4 cm³/mol. The van der Waals surface area contributed by atoms with E-state index in [0.29, 0.717) is 5.06 Å². The number of amides is 2. The molecule has 3 heterocycles. The Labute approximate surface area is 204 Å². The van der Waals surface area contributed by atoms with E-state index >= 15 is 0 Å². The van der Waals surface area contributed by atoms with Gasteiger partial charge in [0.25, 0.3) is 17.5 Å². The molecule has 0 aliphatic carbocycles. The van der Waals surface area contributed by atoms with Crippen LogP contribution >= 0.6 is 11.3 Å². The van der Waals surface area contributed by atoms with Crippen LogP contribution in [0.5, 0.6) is 0 Å². The molecule has 2 aliphatic heterocycles. The van der Waals surface area contributed by atoms with Crippen molar-refractivity contribution < 1.29 is 78.2 Å². The Hall–Kier alpha value is -2.79. The molecule has 1 aromatic heterocycles. The molecule has 2 aliphatic rings. The van der Waals surface area contributed by atoms with Crippen LogP contribution in [0.4, 0.5) is 5.13 Å². The summed E-state index contributed by atoms with van der Waals surface area (Å²) in [6.45, 7) is -1.34. The van der Waals surface area contributed by atoms with Gasteiger partial charge < -0.3 is 35.6 Å². The van der Waals surface area contributed by atoms with Crippen molar-refractivity contribution in [2.45, 2.75) is 24.6 Å². The Morgan fingerprint density at radius 3 is 2.72 bits per heavy atom. The van der Waals surface area contributed by atoms with Gasteiger partial charge in [-0.3, -0.25) is 19.2 Å². The number of hydroxylamine groups is 2. The van der Waals surface area contributed by atoms with E-state index in [1.54, 1.807) is 0 Å². The number of cyclic esters (lactones) is 1. The van der Waals surface area contributed by atoms with Gasteiger partial charge in [-0.15, -0.1) is 11.3 Å². The molecular formula is C15H14N5NaO10S. The summed E-state index contributed by atoms with van der Waals surface area (Å²) in [6.07, 6.45) is -0.671. The zero-order chi connectivity index (χ0) is 22.8. The summed E-state index contributed by atoms with van der Waals surface area (Å²) >= 11 is 0.967. The van der Waals surface area contributed by atoms with E-state index in [4.69, 9.17) is 20.4 Å². The number of rotatable bonds is 8. The van der Waals surface area contributed by atoms with Gasteiger partial charge in [-0.25, -0.2) is 9.78 Å². The number of esters is 1. The number of hydrogen-bond acceptors (Lipinski definition) is 13. The molecule has 0 saturated carbocycles. The minimum Gasteiger partial charge on any atom is -0.544 e. The fourth-order valence-corrected chi connectivity index (χ4v) is 3.27. The van der Waals surface area contributed by atoms with E-state index < -0.39 is 66.8 Å². The van der Waals surface area contributed by atoms with Crippen molar-refractivity contribution >= 4 is 51.9 Å². The van der Waals surface area contributed by atoms with Gasteiger partial charge in [-0.1, -0.05) is 5.16 Å². The molecule has 2 amide bonds. The third kappa shape index (κ3) is 5.16. The van der Waals surface area contributed by atoms with Gasteiger partial charge >= 0.3 is 41.5 Å². The van der Waals surface area contributed by atoms with Gasteiger partial charge in [0, 0.05) is 11.8 Å². The van der Waals surface area contributed by atoms with Gasteiger partial charge in [0.15, 0.2) is 10.8 Å². The maximum Gasteiger partial charge on any atom is 1.00 e. The summed E-state index contributed by atoms with van der Waals surface area (Å²) in [4.78, 5) is 72.3. The Bertz CT molecular complexity index is 984. The SMILES string of the molecule is Nc1nc(C(=NOCC(=O)O)C(=O)N[C@H]2CON(C3(C(=O)[O-])CCC(=O)O3)C2=O)cs1.[Na+]. The summed E-state index contributed by atoms with van der Waals surface area (Å²) in [6, 6.07) is -1.39. The van der Waals surface area contributed by atoms with E-state index in [1.165, 1.54) is 5.38 Å². The minimum absolute atomic E-state index is 0. The third-order valence-corrected chi connectivity index (χ3v) is 4.77. The molecule has 17 heteroatoms. The molecule has 3 rings (SSSR count). The number of carbonyl (C=O) groups is 5. The van der Waals surface area contributed by atoms with E-state index in [0.717, 1.165) is 11.3 Å². The van der Waals surface area contributed by atoms with Crippen LogP contribution in [0.25, 0.3) is 0 Å². The Morgan fingerprint density at radius 2 is 2.19 bits per heavy atom. The second kappa shape index (κ2) is 10.2. The molecule has 0 aromatic carbocycles. The van der Waals surface area contributed by atoms with Gasteiger partial charge in [0.05, 0.1) is 6.42 Å². The molecule has 0 spiro atoms. The smallest absolute Gasteiger partial charge is 0.544 e. The number of anilines is 1. The summed E-state index contributed by atoms with van der Waals surface area (Å²) < 4.78 is 4.76. The first kappa shape index (κ1) is 25.5. The topological polar surface area (TPSA) is 223 Å². The second-order valence-corrected chi connectivity index (χ2v) is 7.07. The number of carbonyl (C=O) groups excluding carboxylic acids is 4. The van der Waals surface area contributed by atoms with Gasteiger partial charge in [-0.2, -0.15) is 5.06 Å². The van der Waals surface area contributed by atoms with Gasteiger partial charge in [-0.05, 0) is 0 Å². The number of nitrogens with two attached hydrogens (primary N) is 1. The first-order chi connectivity index (χ1) is 14.6. The Balaban J connectivity index is 0.00000363. The quantitative estimate of drug-likeness (QED) is 0.137. The Morgan fingerprint density at radius 1 is 1.47 bits per heavy atom. The van der Waals surface area contributed by atoms with Crippen LogP contribution in [-0.2, 0) is 38.4 Å². The van der Waals surface area contributed by atoms with Crippen molar-refractivity contribution in [2.75, 3.05) is 18.9 Å². The fraction of sp³-hybridized carbons (Fsp3) is 0.400. The molecule has 1 unspecified atom stereocenters. The van der Waals surface area contributed by atoms with Crippen molar-refractivity contribution in [3.05, 3.63) is 11.1 Å². The summed E-state index contributed by atoms with van der Waals surface area (Å²) in [5.41, 5.74) is 2.54. The molecule has 15 nitrogen and oxygen atoms in total. The molecule has 0 radical (unpaired) electrons. The predicted octanol–water partition coefficient (Wildman–Crippen LogP) is -6.42. The first-order valence-corrected chi connectivity index (χ1v) is 9.36. The molecule has 2 saturated heterocycles. The normalized spacial score (nSPS) is 22.8. The number of ether oxygens (including phenoxy) is 1. The standard InChI is InChI=1S/C15H15N5O10S.Na/c16-14-18-7(5-31-14)10(19-28-4-8(21)22)11(24)17-6-3-29-20(12(6)25)15(13(26)27)2-1-9(23)30-15;/h5-6H,1-4H2,(H2,16,18)(H,17,24)(H,21,22)(H,26,27);/q;+1/p-1/t6-,15?;/m0./s1. The number of thiazole rings is 1. The monoisotopic (exact) mass is 479 g/mol. The maximum atomic E-state index is 12.6. The number of carboxylic acids is 2. The zero-order valence-corrected chi connectivity index (χ0v) is 19.2. The number of hydrogen-bond donors (Lipinski definition) is 3. The second-order valence-electron chi connectivity index (χ2n) is 6.18. The fourth-order valence-electron chi connectivity index (χ4n) is 2.72. The van der Waals surface area contributed by atoms with Crippen molar-refractivity contribution in [1.82, 2.24) is 15.4 Å². The average molecular weight is 479 g/mol. The molecule has 0 bridgehead atoms. The van der Waals surface area contributed by atoms with E-state index in [9.17, 15) is 29.1 Å². The van der Waals surface area contributed by atoms with Crippen LogP contribution in [0.3, 0.4) is 0 Å². The van der Waals surface area contributed by atoms with Crippen LogP contribution in [-0.4, -0.2) is 75.6 Å². The molecule has 1 aromatic rings.